The van der Waals surface area contributed by atoms with Crippen LogP contribution in [0.1, 0.15) is 63.0 Å². The van der Waals surface area contributed by atoms with Crippen LogP contribution in [0.3, 0.4) is 0 Å². The van der Waals surface area contributed by atoms with Crippen molar-refractivity contribution in [3.05, 3.63) is 11.9 Å². The highest BCUT2D eigenvalue weighted by Crippen LogP contribution is 2.38. The number of aliphatic hydroxyl groups excluding tert-OH is 1. The van der Waals surface area contributed by atoms with Gasteiger partial charge in [-0.25, -0.2) is 9.50 Å². The van der Waals surface area contributed by atoms with E-state index in [0.29, 0.717) is 5.92 Å². The van der Waals surface area contributed by atoms with Crippen molar-refractivity contribution in [3.8, 4) is 0 Å². The number of hydrogen-bond donors (Lipinski definition) is 2. The van der Waals surface area contributed by atoms with Crippen LogP contribution >= 0.6 is 11.3 Å². The monoisotopic (exact) mass is 320 g/mol. The number of imidazole rings is 1. The minimum atomic E-state index is 0.0583. The van der Waals surface area contributed by atoms with Crippen LogP contribution in [0.25, 0.3) is 4.96 Å². The topological polar surface area (TPSA) is 62.5 Å². The van der Waals surface area contributed by atoms with E-state index in [1.807, 2.05) is 4.52 Å². The lowest BCUT2D eigenvalue weighted by molar-refractivity contribution is 0.142. The van der Waals surface area contributed by atoms with E-state index >= 15 is 0 Å². The molecule has 22 heavy (non-hydrogen) atoms. The van der Waals surface area contributed by atoms with Crippen molar-refractivity contribution in [2.75, 3.05) is 18.5 Å². The molecule has 6 heteroatoms. The standard InChI is InChI=1S/C16H24N4OS/c21-11-16(7-3-4-8-16)10-17-14-19-20-9-13(18-15(20)22-14)12-5-1-2-6-12/h9,12,21H,1-8,10-11H2,(H,17,19). The molecule has 2 N–H and O–H groups in total. The highest BCUT2D eigenvalue weighted by atomic mass is 32.1. The second-order valence-electron chi connectivity index (χ2n) is 7.00. The third-order valence-electron chi connectivity index (χ3n) is 5.45. The molecule has 0 saturated heterocycles. The van der Waals surface area contributed by atoms with Crippen molar-refractivity contribution in [3.63, 3.8) is 0 Å². The zero-order valence-corrected chi connectivity index (χ0v) is 13.7. The van der Waals surface area contributed by atoms with E-state index in [4.69, 9.17) is 4.98 Å². The van der Waals surface area contributed by atoms with Gasteiger partial charge in [0.1, 0.15) is 0 Å². The Kier molecular flexibility index (Phi) is 3.82. The summed E-state index contributed by atoms with van der Waals surface area (Å²) < 4.78 is 1.92. The fraction of sp³-hybridized carbons (Fsp3) is 0.750. The molecule has 0 spiro atoms. The Bertz CT molecular complexity index is 606. The molecule has 2 fully saturated rings. The maximum atomic E-state index is 9.68. The Morgan fingerprint density at radius 3 is 2.73 bits per heavy atom. The molecule has 2 aliphatic carbocycles. The van der Waals surface area contributed by atoms with Gasteiger partial charge in [-0.05, 0) is 25.7 Å². The highest BCUT2D eigenvalue weighted by Gasteiger charge is 2.33. The molecule has 120 valence electrons. The lowest BCUT2D eigenvalue weighted by atomic mass is 9.87. The van der Waals surface area contributed by atoms with Gasteiger partial charge in [-0.2, -0.15) is 0 Å². The van der Waals surface area contributed by atoms with E-state index in [1.165, 1.54) is 44.2 Å². The van der Waals surface area contributed by atoms with Gasteiger partial charge in [0, 0.05) is 17.9 Å². The fourth-order valence-electron chi connectivity index (χ4n) is 3.99. The predicted molar refractivity (Wildman–Crippen MR) is 88.5 cm³/mol. The molecule has 0 amide bonds. The van der Waals surface area contributed by atoms with Gasteiger partial charge in [-0.3, -0.25) is 0 Å². The average molecular weight is 320 g/mol. The maximum Gasteiger partial charge on any atom is 0.214 e. The third kappa shape index (κ3) is 2.63. The first-order chi connectivity index (χ1) is 10.8. The summed E-state index contributed by atoms with van der Waals surface area (Å²) >= 11 is 1.62. The zero-order valence-electron chi connectivity index (χ0n) is 12.9. The molecule has 2 aromatic rings. The lowest BCUT2D eigenvalue weighted by Crippen LogP contribution is -2.30. The van der Waals surface area contributed by atoms with Crippen LogP contribution in [0.5, 0.6) is 0 Å². The van der Waals surface area contributed by atoms with Crippen LogP contribution in [0.2, 0.25) is 0 Å². The molecule has 0 atom stereocenters. The van der Waals surface area contributed by atoms with Gasteiger partial charge in [0.15, 0.2) is 0 Å². The summed E-state index contributed by atoms with van der Waals surface area (Å²) in [5, 5.41) is 18.6. The molecule has 2 heterocycles. The Hall–Kier alpha value is -1.14. The molecule has 0 unspecified atom stereocenters. The summed E-state index contributed by atoms with van der Waals surface area (Å²) in [6.07, 6.45) is 12.0. The first kappa shape index (κ1) is 14.5. The number of hydrogen-bond acceptors (Lipinski definition) is 5. The minimum absolute atomic E-state index is 0.0583. The molecular formula is C16H24N4OS. The molecule has 0 aliphatic heterocycles. The summed E-state index contributed by atoms with van der Waals surface area (Å²) in [6.45, 7) is 1.09. The van der Waals surface area contributed by atoms with Crippen molar-refractivity contribution in [2.45, 2.75) is 57.3 Å². The molecule has 5 nitrogen and oxygen atoms in total. The molecule has 0 radical (unpaired) electrons. The van der Waals surface area contributed by atoms with Gasteiger partial charge in [0.25, 0.3) is 0 Å². The molecule has 4 rings (SSSR count). The van der Waals surface area contributed by atoms with E-state index in [-0.39, 0.29) is 12.0 Å². The van der Waals surface area contributed by atoms with Gasteiger partial charge in [0.2, 0.25) is 10.1 Å². The second kappa shape index (κ2) is 5.81. The van der Waals surface area contributed by atoms with Crippen LogP contribution in [-0.4, -0.2) is 32.9 Å². The van der Waals surface area contributed by atoms with Crippen molar-refractivity contribution in [2.24, 2.45) is 5.41 Å². The Morgan fingerprint density at radius 1 is 1.27 bits per heavy atom. The van der Waals surface area contributed by atoms with E-state index in [0.717, 1.165) is 29.5 Å². The molecule has 2 aliphatic rings. The quantitative estimate of drug-likeness (QED) is 0.886. The largest absolute Gasteiger partial charge is 0.396 e. The van der Waals surface area contributed by atoms with E-state index in [9.17, 15) is 5.11 Å². The number of nitrogens with one attached hydrogen (secondary N) is 1. The molecule has 2 saturated carbocycles. The number of fused-ring (bicyclic) bond motifs is 1. The first-order valence-corrected chi connectivity index (χ1v) is 9.31. The average Bonchev–Trinajstić information content (AvgIpc) is 3.27. The van der Waals surface area contributed by atoms with Crippen LogP contribution in [0.15, 0.2) is 6.20 Å². The summed E-state index contributed by atoms with van der Waals surface area (Å²) in [5.41, 5.74) is 1.27. The van der Waals surface area contributed by atoms with Crippen LogP contribution in [0, 0.1) is 5.41 Å². The van der Waals surface area contributed by atoms with Crippen molar-refractivity contribution in [1.29, 1.82) is 0 Å². The van der Waals surface area contributed by atoms with Gasteiger partial charge < -0.3 is 10.4 Å². The Balaban J connectivity index is 1.45. The summed E-state index contributed by atoms with van der Waals surface area (Å²) in [6, 6.07) is 0. The van der Waals surface area contributed by atoms with Crippen molar-refractivity contribution < 1.29 is 5.11 Å². The number of aromatic nitrogens is 3. The molecular weight excluding hydrogens is 296 g/mol. The Morgan fingerprint density at radius 2 is 2.05 bits per heavy atom. The number of anilines is 1. The predicted octanol–water partition coefficient (Wildman–Crippen LogP) is 3.41. The first-order valence-electron chi connectivity index (χ1n) is 8.49. The van der Waals surface area contributed by atoms with Crippen molar-refractivity contribution >= 4 is 21.4 Å². The van der Waals surface area contributed by atoms with E-state index in [2.05, 4.69) is 16.6 Å². The lowest BCUT2D eigenvalue weighted by Gasteiger charge is -2.26. The fourth-order valence-corrected chi connectivity index (χ4v) is 4.77. The highest BCUT2D eigenvalue weighted by molar-refractivity contribution is 7.20. The summed E-state index contributed by atoms with van der Waals surface area (Å²) in [7, 11) is 0. The van der Waals surface area contributed by atoms with Gasteiger partial charge in [0.05, 0.1) is 18.5 Å². The van der Waals surface area contributed by atoms with E-state index in [1.54, 1.807) is 11.3 Å². The zero-order chi connectivity index (χ0) is 15.0. The van der Waals surface area contributed by atoms with Crippen LogP contribution in [-0.2, 0) is 0 Å². The smallest absolute Gasteiger partial charge is 0.214 e. The minimum Gasteiger partial charge on any atom is -0.396 e. The van der Waals surface area contributed by atoms with Gasteiger partial charge in [-0.1, -0.05) is 37.0 Å². The Labute approximate surface area is 134 Å². The second-order valence-corrected chi connectivity index (χ2v) is 7.96. The van der Waals surface area contributed by atoms with Crippen LogP contribution < -0.4 is 5.32 Å². The number of nitrogens with zero attached hydrogens (tertiary/aromatic N) is 3. The van der Waals surface area contributed by atoms with Crippen LogP contribution in [0.4, 0.5) is 5.13 Å². The SMILES string of the molecule is OCC1(CNc2nn3cc(C4CCCC4)nc3s2)CCCC1. The van der Waals surface area contributed by atoms with Gasteiger partial charge in [-0.15, -0.1) is 5.10 Å². The number of aliphatic hydroxyl groups is 1. The summed E-state index contributed by atoms with van der Waals surface area (Å²) in [4.78, 5) is 5.74. The maximum absolute atomic E-state index is 9.68. The number of rotatable bonds is 5. The molecule has 0 aromatic carbocycles. The molecule has 2 aromatic heterocycles. The normalized spacial score (nSPS) is 21.9. The molecule has 0 bridgehead atoms. The third-order valence-corrected chi connectivity index (χ3v) is 6.33. The van der Waals surface area contributed by atoms with E-state index < -0.39 is 0 Å². The van der Waals surface area contributed by atoms with Crippen molar-refractivity contribution in [1.82, 2.24) is 14.6 Å². The summed E-state index contributed by atoms with van der Waals surface area (Å²) in [5.74, 6) is 0.640. The van der Waals surface area contributed by atoms with Gasteiger partial charge >= 0.3 is 0 Å².